The number of hydrogen-bond donors (Lipinski definition) is 0. The van der Waals surface area contributed by atoms with Crippen LogP contribution in [-0.2, 0) is 6.42 Å². The molecule has 0 amide bonds. The number of halogens is 1. The Morgan fingerprint density at radius 3 is 2.14 bits per heavy atom. The summed E-state index contributed by atoms with van der Waals surface area (Å²) >= 11 is 0. The zero-order valence-electron chi connectivity index (χ0n) is 16.5. The molecule has 0 bridgehead atoms. The smallest absolute Gasteiger partial charge is 0.343 e. The van der Waals surface area contributed by atoms with Crippen LogP contribution in [-0.4, -0.2) is 5.97 Å². The van der Waals surface area contributed by atoms with Gasteiger partial charge in [0, 0.05) is 6.07 Å². The lowest BCUT2D eigenvalue weighted by Gasteiger charge is -2.10. The van der Waals surface area contributed by atoms with E-state index in [0.717, 1.165) is 17.5 Å². The van der Waals surface area contributed by atoms with Crippen LogP contribution < -0.4 is 4.74 Å². The third-order valence-electron chi connectivity index (χ3n) is 5.04. The van der Waals surface area contributed by atoms with Crippen molar-refractivity contribution in [2.24, 2.45) is 5.92 Å². The summed E-state index contributed by atoms with van der Waals surface area (Å²) in [5.41, 5.74) is 4.42. The third kappa shape index (κ3) is 4.86. The minimum absolute atomic E-state index is 0.203. The molecule has 1 atom stereocenters. The van der Waals surface area contributed by atoms with E-state index in [9.17, 15) is 9.18 Å². The Labute approximate surface area is 166 Å². The van der Waals surface area contributed by atoms with Gasteiger partial charge in [-0.1, -0.05) is 62.7 Å². The van der Waals surface area contributed by atoms with E-state index in [1.165, 1.54) is 18.1 Å². The van der Waals surface area contributed by atoms with E-state index >= 15 is 0 Å². The van der Waals surface area contributed by atoms with Crippen molar-refractivity contribution in [3.63, 3.8) is 0 Å². The first-order valence-electron chi connectivity index (χ1n) is 9.64. The molecule has 28 heavy (non-hydrogen) atoms. The van der Waals surface area contributed by atoms with Crippen LogP contribution in [0.25, 0.3) is 11.1 Å². The number of benzene rings is 3. The molecule has 144 valence electrons. The highest BCUT2D eigenvalue weighted by atomic mass is 19.1. The fourth-order valence-electron chi connectivity index (χ4n) is 2.98. The lowest BCUT2D eigenvalue weighted by atomic mass is 9.96. The molecule has 0 radical (unpaired) electrons. The van der Waals surface area contributed by atoms with E-state index in [1.807, 2.05) is 12.1 Å². The molecule has 0 aliphatic carbocycles. The number of ether oxygens (including phenoxy) is 1. The molecule has 0 saturated carbocycles. The highest BCUT2D eigenvalue weighted by Gasteiger charge is 2.10. The molecule has 0 aliphatic rings. The second kappa shape index (κ2) is 8.83. The van der Waals surface area contributed by atoms with Gasteiger partial charge >= 0.3 is 5.97 Å². The fourth-order valence-corrected chi connectivity index (χ4v) is 2.98. The summed E-state index contributed by atoms with van der Waals surface area (Å²) in [6, 6.07) is 20.2. The van der Waals surface area contributed by atoms with Gasteiger partial charge in [0.2, 0.25) is 0 Å². The summed E-state index contributed by atoms with van der Waals surface area (Å²) < 4.78 is 18.9. The van der Waals surface area contributed by atoms with E-state index in [2.05, 4.69) is 38.1 Å². The van der Waals surface area contributed by atoms with Gasteiger partial charge in [0.05, 0.1) is 5.56 Å². The van der Waals surface area contributed by atoms with Gasteiger partial charge in [-0.25, -0.2) is 9.18 Å². The number of esters is 1. The number of rotatable bonds is 6. The van der Waals surface area contributed by atoms with Crippen molar-refractivity contribution in [3.05, 3.63) is 89.2 Å². The molecule has 2 nitrogen and oxygen atoms in total. The maximum atomic E-state index is 13.6. The molecular weight excluding hydrogens is 351 g/mol. The molecule has 3 aromatic rings. The van der Waals surface area contributed by atoms with Crippen LogP contribution in [0, 0.1) is 18.7 Å². The SMILES string of the molecule is CCC(C)Cc1ccc(-c2ccc(C(=O)Oc3ccc(C)c(F)c3)cc2)cc1. The molecule has 0 aromatic heterocycles. The topological polar surface area (TPSA) is 26.3 Å². The fraction of sp³-hybridized carbons (Fsp3) is 0.240. The molecule has 3 heteroatoms. The Kier molecular flexibility index (Phi) is 6.25. The second-order valence-electron chi connectivity index (χ2n) is 7.29. The van der Waals surface area contributed by atoms with Gasteiger partial charge in [-0.15, -0.1) is 0 Å². The molecule has 0 aliphatic heterocycles. The first-order valence-corrected chi connectivity index (χ1v) is 9.64. The van der Waals surface area contributed by atoms with Gasteiger partial charge < -0.3 is 4.74 Å². The van der Waals surface area contributed by atoms with Crippen LogP contribution in [0.2, 0.25) is 0 Å². The number of hydrogen-bond acceptors (Lipinski definition) is 2. The van der Waals surface area contributed by atoms with Crippen molar-refractivity contribution in [1.82, 2.24) is 0 Å². The molecule has 3 rings (SSSR count). The van der Waals surface area contributed by atoms with E-state index in [4.69, 9.17) is 4.74 Å². The Morgan fingerprint density at radius 2 is 1.57 bits per heavy atom. The summed E-state index contributed by atoms with van der Waals surface area (Å²) in [4.78, 5) is 12.3. The lowest BCUT2D eigenvalue weighted by molar-refractivity contribution is 0.0734. The first kappa shape index (κ1) is 19.8. The number of carbonyl (C=O) groups is 1. The average Bonchev–Trinajstić information content (AvgIpc) is 2.71. The van der Waals surface area contributed by atoms with Gasteiger partial charge in [-0.2, -0.15) is 0 Å². The molecule has 0 fully saturated rings. The lowest BCUT2D eigenvalue weighted by Crippen LogP contribution is -2.08. The largest absolute Gasteiger partial charge is 0.423 e. The summed E-state index contributed by atoms with van der Waals surface area (Å²) in [5, 5.41) is 0. The van der Waals surface area contributed by atoms with E-state index in [-0.39, 0.29) is 5.75 Å². The van der Waals surface area contributed by atoms with Crippen molar-refractivity contribution in [2.75, 3.05) is 0 Å². The maximum absolute atomic E-state index is 13.6. The highest BCUT2D eigenvalue weighted by molar-refractivity contribution is 5.91. The van der Waals surface area contributed by atoms with Crippen LogP contribution in [0.4, 0.5) is 4.39 Å². The Bertz CT molecular complexity index is 943. The Hall–Kier alpha value is -2.94. The van der Waals surface area contributed by atoms with E-state index < -0.39 is 11.8 Å². The molecule has 0 heterocycles. The highest BCUT2D eigenvalue weighted by Crippen LogP contribution is 2.23. The van der Waals surface area contributed by atoms with Crippen LogP contribution in [0.15, 0.2) is 66.7 Å². The van der Waals surface area contributed by atoms with Crippen LogP contribution in [0.3, 0.4) is 0 Å². The standard InChI is InChI=1S/C25H25FO2/c1-4-17(2)15-19-6-8-20(9-7-19)21-10-12-22(13-11-21)25(27)28-23-14-5-18(3)24(26)16-23/h5-14,16-17H,4,15H2,1-3H3. The molecule has 1 unspecified atom stereocenters. The molecule has 3 aromatic carbocycles. The zero-order valence-corrected chi connectivity index (χ0v) is 16.5. The zero-order chi connectivity index (χ0) is 20.1. The predicted molar refractivity (Wildman–Crippen MR) is 111 cm³/mol. The van der Waals surface area contributed by atoms with E-state index in [0.29, 0.717) is 17.0 Å². The van der Waals surface area contributed by atoms with Crippen LogP contribution in [0.5, 0.6) is 5.75 Å². The van der Waals surface area contributed by atoms with Gasteiger partial charge in [0.25, 0.3) is 0 Å². The van der Waals surface area contributed by atoms with E-state index in [1.54, 1.807) is 31.2 Å². The summed E-state index contributed by atoms with van der Waals surface area (Å²) in [6.45, 7) is 6.13. The van der Waals surface area contributed by atoms with Gasteiger partial charge in [0.15, 0.2) is 0 Å². The molecular formula is C25H25FO2. The van der Waals surface area contributed by atoms with Gasteiger partial charge in [0.1, 0.15) is 11.6 Å². The summed E-state index contributed by atoms with van der Waals surface area (Å²) in [5.74, 6) is -0.0108. The number of carbonyl (C=O) groups excluding carboxylic acids is 1. The quantitative estimate of drug-likeness (QED) is 0.357. The second-order valence-corrected chi connectivity index (χ2v) is 7.29. The van der Waals surface area contributed by atoms with Crippen molar-refractivity contribution in [2.45, 2.75) is 33.6 Å². The maximum Gasteiger partial charge on any atom is 0.343 e. The summed E-state index contributed by atoms with van der Waals surface area (Å²) in [7, 11) is 0. The molecule has 0 spiro atoms. The Balaban J connectivity index is 1.68. The molecule has 0 saturated heterocycles. The minimum Gasteiger partial charge on any atom is -0.423 e. The predicted octanol–water partition coefficient (Wildman–Crippen LogP) is 6.61. The average molecular weight is 376 g/mol. The normalized spacial score (nSPS) is 11.9. The van der Waals surface area contributed by atoms with Crippen molar-refractivity contribution < 1.29 is 13.9 Å². The third-order valence-corrected chi connectivity index (χ3v) is 5.04. The monoisotopic (exact) mass is 376 g/mol. The minimum atomic E-state index is -0.501. The van der Waals surface area contributed by atoms with Gasteiger partial charge in [-0.05, 0) is 59.7 Å². The Morgan fingerprint density at radius 1 is 0.964 bits per heavy atom. The van der Waals surface area contributed by atoms with Crippen molar-refractivity contribution >= 4 is 5.97 Å². The molecule has 0 N–H and O–H groups in total. The first-order chi connectivity index (χ1) is 13.5. The van der Waals surface area contributed by atoms with Crippen LogP contribution in [0.1, 0.15) is 41.8 Å². The van der Waals surface area contributed by atoms with Crippen LogP contribution >= 0.6 is 0 Å². The number of aryl methyl sites for hydroxylation is 1. The summed E-state index contributed by atoms with van der Waals surface area (Å²) in [6.07, 6.45) is 2.26. The van der Waals surface area contributed by atoms with Crippen molar-refractivity contribution in [3.8, 4) is 16.9 Å². The van der Waals surface area contributed by atoms with Gasteiger partial charge in [-0.3, -0.25) is 0 Å². The van der Waals surface area contributed by atoms with Crippen molar-refractivity contribution in [1.29, 1.82) is 0 Å².